The lowest BCUT2D eigenvalue weighted by Gasteiger charge is -2.53. The maximum atomic E-state index is 14.3. The average Bonchev–Trinajstić information content (AvgIpc) is 3.41. The number of carbonyl (C=O) groups excluding carboxylic acids is 1. The first-order chi connectivity index (χ1) is 21.1. The third kappa shape index (κ3) is 8.21. The lowest BCUT2D eigenvalue weighted by atomic mass is 9.76. The smallest absolute Gasteiger partial charge is 0.282 e. The molecule has 244 valence electrons. The number of anilines is 1. The predicted octanol–water partition coefficient (Wildman–Crippen LogP) is 3.59. The van der Waals surface area contributed by atoms with E-state index in [4.69, 9.17) is 9.47 Å². The second-order valence-electron chi connectivity index (χ2n) is 12.9. The summed E-state index contributed by atoms with van der Waals surface area (Å²) in [6.45, 7) is 16.3. The van der Waals surface area contributed by atoms with Gasteiger partial charge in [0.1, 0.15) is 17.9 Å². The summed E-state index contributed by atoms with van der Waals surface area (Å²) in [6.07, 6.45) is 4.12. The molecule has 1 spiro atoms. The van der Waals surface area contributed by atoms with Crippen molar-refractivity contribution in [1.29, 1.82) is 0 Å². The van der Waals surface area contributed by atoms with E-state index in [0.717, 1.165) is 52.0 Å². The number of nitrogens with one attached hydrogen (secondary N) is 1. The van der Waals surface area contributed by atoms with Crippen molar-refractivity contribution in [2.24, 2.45) is 11.3 Å². The standard InChI is InChI=1S/C32H50FN7O4/c1-7-40(23(4)5)31(42)26-15-24(33)10-11-28(26)44-30-29(35-21-36-37-30)38-14-12-32(18-38)19-39(20-32)27(22(2)3)9-8-13-34-16-25(41)17-43-6/h10-11,15,21-23,25,27,34,41H,7-9,12-14,16-20H2,1-6H3/t25-,27+/m0/s1. The number of methoxy groups -OCH3 is 1. The number of amides is 1. The number of aromatic nitrogens is 3. The van der Waals surface area contributed by atoms with Crippen LogP contribution in [0.4, 0.5) is 10.2 Å². The van der Waals surface area contributed by atoms with E-state index in [1.54, 1.807) is 12.0 Å². The Morgan fingerprint density at radius 2 is 2.00 bits per heavy atom. The topological polar surface area (TPSA) is 116 Å². The van der Waals surface area contributed by atoms with Crippen LogP contribution in [0.2, 0.25) is 0 Å². The van der Waals surface area contributed by atoms with E-state index in [0.29, 0.717) is 37.5 Å². The fourth-order valence-electron chi connectivity index (χ4n) is 6.62. The molecule has 2 fully saturated rings. The molecule has 0 saturated carbocycles. The number of halogens is 1. The van der Waals surface area contributed by atoms with Crippen LogP contribution in [0, 0.1) is 17.2 Å². The van der Waals surface area contributed by atoms with Gasteiger partial charge in [0, 0.05) is 63.9 Å². The molecule has 0 unspecified atom stereocenters. The minimum Gasteiger partial charge on any atom is -0.434 e. The maximum absolute atomic E-state index is 14.3. The number of rotatable bonds is 16. The number of ether oxygens (including phenoxy) is 2. The summed E-state index contributed by atoms with van der Waals surface area (Å²) in [5, 5.41) is 21.4. The van der Waals surface area contributed by atoms with Crippen molar-refractivity contribution in [2.45, 2.75) is 72.1 Å². The second kappa shape index (κ2) is 15.4. The summed E-state index contributed by atoms with van der Waals surface area (Å²) in [4.78, 5) is 24.3. The molecule has 2 N–H and O–H groups in total. The van der Waals surface area contributed by atoms with Gasteiger partial charge in [0.15, 0.2) is 5.82 Å². The van der Waals surface area contributed by atoms with Gasteiger partial charge < -0.3 is 29.7 Å². The lowest BCUT2D eigenvalue weighted by molar-refractivity contribution is -0.0339. The Hall–Kier alpha value is -2.93. The molecule has 2 aromatic rings. The lowest BCUT2D eigenvalue weighted by Crippen LogP contribution is -2.62. The van der Waals surface area contributed by atoms with Gasteiger partial charge in [0.2, 0.25) is 0 Å². The first kappa shape index (κ1) is 34.0. The Kier molecular flexibility index (Phi) is 11.9. The summed E-state index contributed by atoms with van der Waals surface area (Å²) in [5.41, 5.74) is 0.319. The van der Waals surface area contributed by atoms with Crippen LogP contribution in [-0.4, -0.2) is 114 Å². The first-order valence-electron chi connectivity index (χ1n) is 15.9. The number of aliphatic hydroxyl groups is 1. The zero-order valence-corrected chi connectivity index (χ0v) is 27.1. The fourth-order valence-corrected chi connectivity index (χ4v) is 6.62. The molecular weight excluding hydrogens is 565 g/mol. The van der Waals surface area contributed by atoms with Crippen molar-refractivity contribution in [3.05, 3.63) is 35.9 Å². The Bertz CT molecular complexity index is 1230. The Morgan fingerprint density at radius 3 is 2.68 bits per heavy atom. The highest BCUT2D eigenvalue weighted by molar-refractivity contribution is 5.97. The molecule has 0 aliphatic carbocycles. The number of likely N-dealkylation sites (tertiary alicyclic amines) is 1. The largest absolute Gasteiger partial charge is 0.434 e. The number of hydrogen-bond donors (Lipinski definition) is 2. The number of hydrogen-bond acceptors (Lipinski definition) is 10. The SMILES string of the molecule is CCN(C(=O)c1cc(F)ccc1Oc1nncnc1N1CCC2(C1)CN([C@H](CCCNC[C@H](O)COC)C(C)C)C2)C(C)C. The molecule has 2 aliphatic rings. The molecule has 0 bridgehead atoms. The van der Waals surface area contributed by atoms with Gasteiger partial charge in [-0.1, -0.05) is 13.8 Å². The predicted molar refractivity (Wildman–Crippen MR) is 168 cm³/mol. The normalized spacial score (nSPS) is 17.7. The summed E-state index contributed by atoms with van der Waals surface area (Å²) >= 11 is 0. The number of nitrogens with zero attached hydrogens (tertiary/aromatic N) is 6. The molecule has 2 saturated heterocycles. The van der Waals surface area contributed by atoms with Crippen molar-refractivity contribution in [3.8, 4) is 11.6 Å². The van der Waals surface area contributed by atoms with E-state index in [1.165, 1.54) is 24.5 Å². The van der Waals surface area contributed by atoms with Gasteiger partial charge in [0.05, 0.1) is 18.3 Å². The van der Waals surface area contributed by atoms with Crippen LogP contribution in [0.3, 0.4) is 0 Å². The van der Waals surface area contributed by atoms with Gasteiger partial charge in [0.25, 0.3) is 11.8 Å². The van der Waals surface area contributed by atoms with Crippen molar-refractivity contribution in [2.75, 3.05) is 64.4 Å². The van der Waals surface area contributed by atoms with Crippen molar-refractivity contribution >= 4 is 11.7 Å². The molecule has 0 radical (unpaired) electrons. The van der Waals surface area contributed by atoms with E-state index in [-0.39, 0.29) is 34.6 Å². The van der Waals surface area contributed by atoms with E-state index in [2.05, 4.69) is 44.1 Å². The van der Waals surface area contributed by atoms with Crippen LogP contribution in [0.25, 0.3) is 0 Å². The zero-order chi connectivity index (χ0) is 31.9. The summed E-state index contributed by atoms with van der Waals surface area (Å²) in [5.74, 6) is 0.746. The molecule has 1 aromatic heterocycles. The third-order valence-electron chi connectivity index (χ3n) is 8.82. The minimum atomic E-state index is -0.508. The number of benzene rings is 1. The van der Waals surface area contributed by atoms with Gasteiger partial charge in [-0.05, 0) is 70.7 Å². The summed E-state index contributed by atoms with van der Waals surface area (Å²) < 4.78 is 25.4. The molecule has 1 amide bonds. The van der Waals surface area contributed by atoms with Crippen molar-refractivity contribution < 1.29 is 23.8 Å². The molecule has 4 rings (SSSR count). The van der Waals surface area contributed by atoms with E-state index in [1.807, 2.05) is 20.8 Å². The maximum Gasteiger partial charge on any atom is 0.282 e. The van der Waals surface area contributed by atoms with Crippen molar-refractivity contribution in [3.63, 3.8) is 0 Å². The van der Waals surface area contributed by atoms with Crippen LogP contribution >= 0.6 is 0 Å². The van der Waals surface area contributed by atoms with Gasteiger partial charge in [-0.25, -0.2) is 9.37 Å². The van der Waals surface area contributed by atoms with Gasteiger partial charge >= 0.3 is 0 Å². The first-order valence-corrected chi connectivity index (χ1v) is 15.9. The van der Waals surface area contributed by atoms with Gasteiger partial charge in [-0.3, -0.25) is 9.69 Å². The molecule has 2 aliphatic heterocycles. The van der Waals surface area contributed by atoms with E-state index in [9.17, 15) is 14.3 Å². The third-order valence-corrected chi connectivity index (χ3v) is 8.82. The van der Waals surface area contributed by atoms with E-state index >= 15 is 0 Å². The van der Waals surface area contributed by atoms with Crippen molar-refractivity contribution in [1.82, 2.24) is 30.3 Å². The average molecular weight is 616 g/mol. The fraction of sp³-hybridized carbons (Fsp3) is 0.688. The zero-order valence-electron chi connectivity index (χ0n) is 27.1. The highest BCUT2D eigenvalue weighted by Crippen LogP contribution is 2.44. The highest BCUT2D eigenvalue weighted by atomic mass is 19.1. The minimum absolute atomic E-state index is 0.0488. The molecule has 44 heavy (non-hydrogen) atoms. The Morgan fingerprint density at radius 1 is 1.23 bits per heavy atom. The number of carbonyl (C=O) groups is 1. The molecule has 3 heterocycles. The van der Waals surface area contributed by atoms with E-state index < -0.39 is 11.9 Å². The van der Waals surface area contributed by atoms with Crippen LogP contribution < -0.4 is 15.0 Å². The molecule has 2 atom stereocenters. The van der Waals surface area contributed by atoms with Crippen LogP contribution in [0.5, 0.6) is 11.6 Å². The van der Waals surface area contributed by atoms with Crippen LogP contribution in [-0.2, 0) is 4.74 Å². The molecule has 11 nitrogen and oxygen atoms in total. The summed E-state index contributed by atoms with van der Waals surface area (Å²) in [7, 11) is 1.60. The van der Waals surface area contributed by atoms with Crippen LogP contribution in [0.1, 0.15) is 64.2 Å². The molecular formula is C32H50FN7O4. The monoisotopic (exact) mass is 615 g/mol. The molecule has 12 heteroatoms. The Labute approximate surface area is 261 Å². The van der Waals surface area contributed by atoms with Gasteiger partial charge in [-0.2, -0.15) is 0 Å². The quantitative estimate of drug-likeness (QED) is 0.272. The second-order valence-corrected chi connectivity index (χ2v) is 12.9. The highest BCUT2D eigenvalue weighted by Gasteiger charge is 2.50. The van der Waals surface area contributed by atoms with Gasteiger partial charge in [-0.15, -0.1) is 10.2 Å². The number of aliphatic hydroxyl groups excluding tert-OH is 1. The summed E-state index contributed by atoms with van der Waals surface area (Å²) in [6, 6.07) is 4.41. The van der Waals surface area contributed by atoms with Crippen LogP contribution in [0.15, 0.2) is 24.5 Å². The molecule has 1 aromatic carbocycles. The Balaban J connectivity index is 1.38.